The number of aromatic nitrogens is 2. The van der Waals surface area contributed by atoms with Crippen molar-refractivity contribution in [2.24, 2.45) is 14.1 Å². The van der Waals surface area contributed by atoms with Crippen molar-refractivity contribution in [2.45, 2.75) is 0 Å². The third-order valence-electron chi connectivity index (χ3n) is 2.40. The van der Waals surface area contributed by atoms with Crippen molar-refractivity contribution in [2.75, 3.05) is 26.3 Å². The monoisotopic (exact) mass is 631 g/mol. The second-order valence-corrected chi connectivity index (χ2v) is 35.3. The maximum absolute atomic E-state index is 5.44. The van der Waals surface area contributed by atoms with E-state index in [1.54, 1.807) is 0 Å². The molecule has 0 radical (unpaired) electrons. The van der Waals surface area contributed by atoms with Crippen LogP contribution in [-0.4, -0.2) is 38.9 Å². The standard InChI is InChI=1S/C5H8N2.C4H8NO.2HI.Pt/c1-6-3-4-7(2)5-6;1-3-6-4-2-5-1;;;/h3-4H,1-2H3;1-4H2;2*1H;/q;-1;;;+3/p-2. The van der Waals surface area contributed by atoms with Gasteiger partial charge in [0.25, 0.3) is 0 Å². The summed E-state index contributed by atoms with van der Waals surface area (Å²) >= 11 is 5.41. The number of ether oxygens (including phenoxy) is 1. The molecule has 1 aromatic heterocycles. The van der Waals surface area contributed by atoms with E-state index in [1.165, 1.54) is 3.80 Å². The summed E-state index contributed by atoms with van der Waals surface area (Å²) in [6, 6.07) is 0. The fraction of sp³-hybridized carbons (Fsp3) is 0.667. The fourth-order valence-electron chi connectivity index (χ4n) is 1.63. The Bertz CT molecular complexity index is 433. The van der Waals surface area contributed by atoms with E-state index in [0.29, 0.717) is 0 Å². The van der Waals surface area contributed by atoms with Gasteiger partial charge in [0.15, 0.2) is 0 Å². The molecule has 7 heteroatoms. The predicted octanol–water partition coefficient (Wildman–Crippen LogP) is 2.00. The molecule has 4 nitrogen and oxygen atoms in total. The molecule has 0 spiro atoms. The average molecular weight is 631 g/mol. The molecule has 2 heterocycles. The Labute approximate surface area is 120 Å². The molecule has 0 atom stereocenters. The fourth-order valence-corrected chi connectivity index (χ4v) is 19.1. The molecule has 1 aromatic rings. The Morgan fingerprint density at radius 3 is 2.12 bits per heavy atom. The normalized spacial score (nSPS) is 20.0. The van der Waals surface area contributed by atoms with Gasteiger partial charge in [-0.15, -0.1) is 0 Å². The van der Waals surface area contributed by atoms with Crippen molar-refractivity contribution in [1.29, 1.82) is 0 Å². The van der Waals surface area contributed by atoms with Gasteiger partial charge in [-0.05, 0) is 0 Å². The average Bonchev–Trinajstić information content (AvgIpc) is 2.60. The van der Waals surface area contributed by atoms with Crippen LogP contribution in [-0.2, 0) is 27.3 Å². The second-order valence-electron chi connectivity index (χ2n) is 3.59. The van der Waals surface area contributed by atoms with E-state index < -0.39 is 8.49 Å². The summed E-state index contributed by atoms with van der Waals surface area (Å²) in [4.78, 5) is 0. The van der Waals surface area contributed by atoms with Crippen molar-refractivity contribution >= 4 is 38.7 Å². The summed E-state index contributed by atoms with van der Waals surface area (Å²) in [6.45, 7) is 3.92. The molecule has 1 aliphatic rings. The van der Waals surface area contributed by atoms with Gasteiger partial charge >= 0.3 is 121 Å². The first kappa shape index (κ1) is 13.7. The van der Waals surface area contributed by atoms with Crippen LogP contribution in [0.3, 0.4) is 0 Å². The number of nitrogens with zero attached hydrogens (tertiary/aromatic N) is 3. The molecule has 0 N–H and O–H groups in total. The summed E-state index contributed by atoms with van der Waals surface area (Å²) in [6.07, 6.45) is 4.29. The molecular formula is C9H16I2N3OPt. The molecule has 97 valence electrons. The van der Waals surface area contributed by atoms with Crippen LogP contribution in [0.15, 0.2) is 12.4 Å². The molecule has 0 saturated carbocycles. The molecule has 0 aromatic carbocycles. The van der Waals surface area contributed by atoms with E-state index in [-0.39, 0.29) is 0 Å². The van der Waals surface area contributed by atoms with Crippen LogP contribution in [0.5, 0.6) is 0 Å². The number of morpholine rings is 1. The Morgan fingerprint density at radius 2 is 1.62 bits per heavy atom. The molecule has 0 aliphatic carbocycles. The van der Waals surface area contributed by atoms with Gasteiger partial charge in [-0.3, -0.25) is 0 Å². The van der Waals surface area contributed by atoms with E-state index >= 15 is 0 Å². The van der Waals surface area contributed by atoms with E-state index in [9.17, 15) is 0 Å². The van der Waals surface area contributed by atoms with Gasteiger partial charge in [0.2, 0.25) is 0 Å². The van der Waals surface area contributed by atoms with Crippen molar-refractivity contribution in [3.63, 3.8) is 0 Å². The molecule has 0 amide bonds. The van der Waals surface area contributed by atoms with Gasteiger partial charge in [-0.2, -0.15) is 0 Å². The number of halogens is 2. The van der Waals surface area contributed by atoms with Crippen LogP contribution in [0.2, 0.25) is 0 Å². The zero-order valence-corrected chi connectivity index (χ0v) is 15.9. The summed E-state index contributed by atoms with van der Waals surface area (Å²) in [5.74, 6) is 0. The summed E-state index contributed by atoms with van der Waals surface area (Å²) in [5, 5.41) is 0. The van der Waals surface area contributed by atoms with Gasteiger partial charge in [-0.25, -0.2) is 0 Å². The molecule has 2 rings (SSSR count). The van der Waals surface area contributed by atoms with Crippen LogP contribution in [0.4, 0.5) is 0 Å². The Kier molecular flexibility index (Phi) is 4.71. The first-order valence-electron chi connectivity index (χ1n) is 4.94. The SMILES string of the molecule is Cn1ccn(C)[c]1=[Pt]([I])([I])[N]1CCOCC1. The van der Waals surface area contributed by atoms with Crippen LogP contribution in [0.25, 0.3) is 0 Å². The third kappa shape index (κ3) is 2.65. The molecule has 1 aliphatic heterocycles. The number of hydrogen-bond acceptors (Lipinski definition) is 2. The minimum absolute atomic E-state index is 0.880. The summed E-state index contributed by atoms with van der Waals surface area (Å²) in [7, 11) is 2.22. The van der Waals surface area contributed by atoms with Gasteiger partial charge < -0.3 is 0 Å². The first-order chi connectivity index (χ1) is 7.53. The van der Waals surface area contributed by atoms with Crippen LogP contribution in [0, 0.1) is 3.80 Å². The van der Waals surface area contributed by atoms with Gasteiger partial charge in [0.1, 0.15) is 0 Å². The number of rotatable bonds is 1. The molecule has 0 unspecified atom stereocenters. The summed E-state index contributed by atoms with van der Waals surface area (Å²) in [5.41, 5.74) is 0. The minimum atomic E-state index is -2.07. The van der Waals surface area contributed by atoms with Gasteiger partial charge in [0.05, 0.1) is 0 Å². The number of hydrogen-bond donors (Lipinski definition) is 0. The molecule has 1 saturated heterocycles. The second kappa shape index (κ2) is 5.50. The predicted molar refractivity (Wildman–Crippen MR) is 78.1 cm³/mol. The van der Waals surface area contributed by atoms with Crippen molar-refractivity contribution < 1.29 is 13.2 Å². The van der Waals surface area contributed by atoms with Crippen molar-refractivity contribution in [3.8, 4) is 0 Å². The zero-order chi connectivity index (χ0) is 11.8. The quantitative estimate of drug-likeness (QED) is 0.443. The first-order valence-corrected chi connectivity index (χ1v) is 20.0. The summed E-state index contributed by atoms with van der Waals surface area (Å²) < 4.78 is 14.1. The van der Waals surface area contributed by atoms with Gasteiger partial charge in [-0.1, -0.05) is 0 Å². The third-order valence-corrected chi connectivity index (χ3v) is 20.1. The molecule has 0 bridgehead atoms. The molecule has 16 heavy (non-hydrogen) atoms. The van der Waals surface area contributed by atoms with Crippen LogP contribution in [0.1, 0.15) is 0 Å². The zero-order valence-electron chi connectivity index (χ0n) is 9.31. The van der Waals surface area contributed by atoms with Gasteiger partial charge in [0, 0.05) is 0 Å². The van der Waals surface area contributed by atoms with E-state index in [4.69, 9.17) is 4.74 Å². The number of imidazole rings is 1. The van der Waals surface area contributed by atoms with Crippen molar-refractivity contribution in [1.82, 2.24) is 12.6 Å². The van der Waals surface area contributed by atoms with Crippen molar-refractivity contribution in [3.05, 3.63) is 16.2 Å². The van der Waals surface area contributed by atoms with Crippen LogP contribution >= 0.6 is 38.7 Å². The van der Waals surface area contributed by atoms with E-state index in [1.807, 2.05) is 0 Å². The topological polar surface area (TPSA) is 22.3 Å². The maximum atomic E-state index is 5.44. The Morgan fingerprint density at radius 1 is 1.12 bits per heavy atom. The Hall–Kier alpha value is 1.28. The Balaban J connectivity index is 2.54. The van der Waals surface area contributed by atoms with E-state index in [0.717, 1.165) is 26.3 Å². The number of aryl methyl sites for hydroxylation is 2. The van der Waals surface area contributed by atoms with E-state index in [2.05, 4.69) is 77.8 Å². The molecule has 1 fully saturated rings. The van der Waals surface area contributed by atoms with Crippen LogP contribution < -0.4 is 0 Å². The molecular weight excluding hydrogens is 615 g/mol.